The number of nitrogens with zero attached hydrogens (tertiary/aromatic N) is 3. The van der Waals surface area contributed by atoms with Gasteiger partial charge in [-0.25, -0.2) is 4.79 Å². The summed E-state index contributed by atoms with van der Waals surface area (Å²) < 4.78 is 44.4. The van der Waals surface area contributed by atoms with E-state index in [-0.39, 0.29) is 23.1 Å². The van der Waals surface area contributed by atoms with Crippen LogP contribution >= 0.6 is 0 Å². The number of amides is 1. The number of alkyl halides is 3. The molecule has 8 heteroatoms. The monoisotopic (exact) mass is 425 g/mol. The van der Waals surface area contributed by atoms with E-state index < -0.39 is 17.3 Å². The largest absolute Gasteiger partial charge is 0.444 e. The lowest BCUT2D eigenvalue weighted by Gasteiger charge is -2.47. The molecule has 1 aromatic carbocycles. The Bertz CT molecular complexity index is 817. The Kier molecular flexibility index (Phi) is 6.77. The Morgan fingerprint density at radius 3 is 2.30 bits per heavy atom. The highest BCUT2D eigenvalue weighted by Gasteiger charge is 2.40. The first-order valence-corrected chi connectivity index (χ1v) is 9.94. The number of hydrogen-bond acceptors (Lipinski definition) is 4. The molecule has 0 saturated carbocycles. The van der Waals surface area contributed by atoms with E-state index in [1.807, 2.05) is 47.6 Å². The lowest BCUT2D eigenvalue weighted by molar-refractivity contribution is -0.137. The third-order valence-electron chi connectivity index (χ3n) is 5.04. The van der Waals surface area contributed by atoms with Gasteiger partial charge >= 0.3 is 12.3 Å². The third kappa shape index (κ3) is 6.11. The van der Waals surface area contributed by atoms with Gasteiger partial charge in [0.2, 0.25) is 0 Å². The Labute approximate surface area is 176 Å². The van der Waals surface area contributed by atoms with E-state index >= 15 is 0 Å². The van der Waals surface area contributed by atoms with Crippen LogP contribution in [0.2, 0.25) is 0 Å². The maximum atomic E-state index is 12.9. The van der Waals surface area contributed by atoms with Gasteiger partial charge in [0, 0.05) is 26.2 Å². The topological polar surface area (TPSA) is 56.6 Å². The highest BCUT2D eigenvalue weighted by molar-refractivity contribution is 5.69. The molecule has 1 saturated heterocycles. The van der Waals surface area contributed by atoms with Crippen molar-refractivity contribution >= 4 is 6.09 Å². The molecule has 0 aromatic heterocycles. The van der Waals surface area contributed by atoms with Crippen LogP contribution in [0.4, 0.5) is 18.0 Å². The van der Waals surface area contributed by atoms with Crippen molar-refractivity contribution in [3.8, 4) is 6.07 Å². The molecule has 2 rings (SSSR count). The summed E-state index contributed by atoms with van der Waals surface area (Å²) in [5, 5.41) is 9.34. The second-order valence-corrected chi connectivity index (χ2v) is 9.77. The van der Waals surface area contributed by atoms with Gasteiger partial charge in [-0.05, 0) is 43.9 Å². The molecular formula is C22H30F3N3O2. The number of rotatable bonds is 2. The molecule has 1 aliphatic heterocycles. The van der Waals surface area contributed by atoms with Gasteiger partial charge < -0.3 is 9.64 Å². The maximum absolute atomic E-state index is 12.9. The SMILES string of the molecule is CC(C)(C)OC(=O)N1CCN(Cc2ccc(C(F)(F)F)cc2C#N)CC1C(C)(C)C. The van der Waals surface area contributed by atoms with Crippen LogP contribution < -0.4 is 0 Å². The molecule has 166 valence electrons. The lowest BCUT2D eigenvalue weighted by Crippen LogP contribution is -2.60. The number of piperazine rings is 1. The highest BCUT2D eigenvalue weighted by atomic mass is 19.4. The summed E-state index contributed by atoms with van der Waals surface area (Å²) in [4.78, 5) is 16.5. The van der Waals surface area contributed by atoms with Gasteiger partial charge in [0.25, 0.3) is 0 Å². The van der Waals surface area contributed by atoms with Crippen molar-refractivity contribution in [2.24, 2.45) is 5.41 Å². The summed E-state index contributed by atoms with van der Waals surface area (Å²) in [5.41, 5.74) is -1.09. The van der Waals surface area contributed by atoms with Crippen LogP contribution in [0.15, 0.2) is 18.2 Å². The Hall–Kier alpha value is -2.27. The minimum atomic E-state index is -4.49. The van der Waals surface area contributed by atoms with Gasteiger partial charge in [0.15, 0.2) is 0 Å². The minimum Gasteiger partial charge on any atom is -0.444 e. The van der Waals surface area contributed by atoms with Crippen LogP contribution in [-0.4, -0.2) is 47.2 Å². The lowest BCUT2D eigenvalue weighted by atomic mass is 9.84. The van der Waals surface area contributed by atoms with Gasteiger partial charge in [-0.1, -0.05) is 26.8 Å². The molecule has 1 aliphatic rings. The second kappa shape index (κ2) is 8.46. The van der Waals surface area contributed by atoms with Gasteiger partial charge in [0.05, 0.1) is 23.2 Å². The fraction of sp³-hybridized carbons (Fsp3) is 0.636. The van der Waals surface area contributed by atoms with Crippen LogP contribution in [0.5, 0.6) is 0 Å². The van der Waals surface area contributed by atoms with E-state index in [0.29, 0.717) is 31.7 Å². The van der Waals surface area contributed by atoms with E-state index in [2.05, 4.69) is 4.90 Å². The first-order valence-electron chi connectivity index (χ1n) is 9.94. The van der Waals surface area contributed by atoms with E-state index in [0.717, 1.165) is 12.1 Å². The van der Waals surface area contributed by atoms with E-state index in [4.69, 9.17) is 4.74 Å². The van der Waals surface area contributed by atoms with Crippen molar-refractivity contribution in [3.05, 3.63) is 34.9 Å². The summed E-state index contributed by atoms with van der Waals surface area (Å²) in [6, 6.07) is 5.02. The van der Waals surface area contributed by atoms with Crippen LogP contribution in [0, 0.1) is 16.7 Å². The summed E-state index contributed by atoms with van der Waals surface area (Å²) in [7, 11) is 0. The van der Waals surface area contributed by atoms with Crippen molar-refractivity contribution in [2.75, 3.05) is 19.6 Å². The average Bonchev–Trinajstić information content (AvgIpc) is 2.58. The van der Waals surface area contributed by atoms with Crippen molar-refractivity contribution < 1.29 is 22.7 Å². The first-order chi connectivity index (χ1) is 13.6. The van der Waals surface area contributed by atoms with E-state index in [1.54, 1.807) is 4.90 Å². The molecule has 0 radical (unpaired) electrons. The molecule has 0 bridgehead atoms. The highest BCUT2D eigenvalue weighted by Crippen LogP contribution is 2.32. The standard InChI is InChI=1S/C22H30F3N3O2/c1-20(2,3)18-14-27(9-10-28(18)19(29)30-21(4,5)6)13-15-7-8-17(22(23,24)25)11-16(15)12-26/h7-8,11,18H,9-10,13-14H2,1-6H3. The van der Waals surface area contributed by atoms with E-state index in [1.165, 1.54) is 6.07 Å². The number of hydrogen-bond donors (Lipinski definition) is 0. The quantitative estimate of drug-likeness (QED) is 0.666. The average molecular weight is 425 g/mol. The molecule has 1 atom stereocenters. The second-order valence-electron chi connectivity index (χ2n) is 9.77. The molecule has 1 unspecified atom stereocenters. The number of nitriles is 1. The fourth-order valence-corrected chi connectivity index (χ4v) is 3.50. The van der Waals surface area contributed by atoms with Gasteiger partial charge in [-0.15, -0.1) is 0 Å². The molecule has 30 heavy (non-hydrogen) atoms. The van der Waals surface area contributed by atoms with E-state index in [9.17, 15) is 23.2 Å². The molecule has 1 aromatic rings. The van der Waals surface area contributed by atoms with Crippen molar-refractivity contribution in [3.63, 3.8) is 0 Å². The Morgan fingerprint density at radius 1 is 1.17 bits per heavy atom. The van der Waals surface area contributed by atoms with Crippen molar-refractivity contribution in [2.45, 2.75) is 65.9 Å². The first kappa shape index (κ1) is 24.0. The zero-order valence-corrected chi connectivity index (χ0v) is 18.4. The summed E-state index contributed by atoms with van der Waals surface area (Å²) in [6.07, 6.45) is -4.85. The predicted molar refractivity (Wildman–Crippen MR) is 108 cm³/mol. The zero-order valence-electron chi connectivity index (χ0n) is 18.4. The van der Waals surface area contributed by atoms with Crippen LogP contribution in [0.1, 0.15) is 58.2 Å². The van der Waals surface area contributed by atoms with Crippen LogP contribution in [0.3, 0.4) is 0 Å². The summed E-state index contributed by atoms with van der Waals surface area (Å²) in [5.74, 6) is 0. The molecular weight excluding hydrogens is 395 g/mol. The zero-order chi connectivity index (χ0) is 22.9. The number of carbonyl (C=O) groups is 1. The third-order valence-corrected chi connectivity index (χ3v) is 5.04. The molecule has 1 fully saturated rings. The van der Waals surface area contributed by atoms with Crippen molar-refractivity contribution in [1.29, 1.82) is 5.26 Å². The Balaban J connectivity index is 2.21. The molecule has 5 nitrogen and oxygen atoms in total. The molecule has 0 spiro atoms. The molecule has 0 N–H and O–H groups in total. The molecule has 1 amide bonds. The Morgan fingerprint density at radius 2 is 1.80 bits per heavy atom. The maximum Gasteiger partial charge on any atom is 0.416 e. The molecule has 1 heterocycles. The fourth-order valence-electron chi connectivity index (χ4n) is 3.50. The number of carbonyl (C=O) groups excluding carboxylic acids is 1. The predicted octanol–water partition coefficient (Wildman–Crippen LogP) is 5.04. The van der Waals surface area contributed by atoms with Crippen LogP contribution in [-0.2, 0) is 17.5 Å². The summed E-state index contributed by atoms with van der Waals surface area (Å²) in [6.45, 7) is 13.4. The number of benzene rings is 1. The number of ether oxygens (including phenoxy) is 1. The normalized spacial score (nSPS) is 18.8. The minimum absolute atomic E-state index is 0.0201. The van der Waals surface area contributed by atoms with Crippen LogP contribution in [0.25, 0.3) is 0 Å². The summed E-state index contributed by atoms with van der Waals surface area (Å²) >= 11 is 0. The van der Waals surface area contributed by atoms with Gasteiger partial charge in [0.1, 0.15) is 5.60 Å². The number of halogens is 3. The smallest absolute Gasteiger partial charge is 0.416 e. The van der Waals surface area contributed by atoms with Gasteiger partial charge in [-0.2, -0.15) is 18.4 Å². The van der Waals surface area contributed by atoms with Crippen molar-refractivity contribution in [1.82, 2.24) is 9.80 Å². The van der Waals surface area contributed by atoms with Gasteiger partial charge in [-0.3, -0.25) is 4.90 Å². The molecule has 0 aliphatic carbocycles.